The summed E-state index contributed by atoms with van der Waals surface area (Å²) >= 11 is 6.99. The van der Waals surface area contributed by atoms with Gasteiger partial charge in [0.25, 0.3) is 5.91 Å². The Balaban J connectivity index is 1.19. The molecule has 0 radical (unpaired) electrons. The van der Waals surface area contributed by atoms with Crippen molar-refractivity contribution in [1.29, 1.82) is 0 Å². The summed E-state index contributed by atoms with van der Waals surface area (Å²) in [6.07, 6.45) is 56.4. The number of aryl methyl sites for hydroxylation is 4. The summed E-state index contributed by atoms with van der Waals surface area (Å²) < 4.78 is 0. The molecule has 0 unspecified atom stereocenters. The summed E-state index contributed by atoms with van der Waals surface area (Å²) in [7, 11) is 0. The lowest BCUT2D eigenvalue weighted by molar-refractivity contribution is 0.101. The molecule has 6 heterocycles. The van der Waals surface area contributed by atoms with Crippen LogP contribution in [0.25, 0.3) is 30.2 Å². The van der Waals surface area contributed by atoms with Gasteiger partial charge in [0.1, 0.15) is 15.7 Å². The van der Waals surface area contributed by atoms with Crippen LogP contribution in [0.1, 0.15) is 328 Å². The van der Waals surface area contributed by atoms with Crippen LogP contribution < -0.4 is 0 Å². The topological polar surface area (TPSA) is 91.2 Å². The SMILES string of the molecule is CCCCCCCCCCCCc1ccsc1-c1nc(CCCCCCCCCCCC)c(-c2[nH]c(O)c3c2C(=O)N=C3c2nc(CCCCCCCCCCCC)c(-c3sccc3CCCCCCCCCCCC)s2)s1. The first kappa shape index (κ1) is 64.3. The number of unbranched alkanes of at least 4 members (excludes halogenated alkanes) is 36. The van der Waals surface area contributed by atoms with Crippen LogP contribution >= 0.6 is 45.3 Å². The van der Waals surface area contributed by atoms with E-state index >= 15 is 0 Å². The van der Waals surface area contributed by atoms with E-state index in [2.05, 4.69) is 55.6 Å². The highest BCUT2D eigenvalue weighted by atomic mass is 32.1. The molecule has 0 spiro atoms. The number of thiophene rings is 2. The maximum atomic E-state index is 14.4. The highest BCUT2D eigenvalue weighted by Gasteiger charge is 2.37. The molecule has 78 heavy (non-hydrogen) atoms. The molecule has 5 aromatic heterocycles. The third-order valence-electron chi connectivity index (χ3n) is 16.5. The van der Waals surface area contributed by atoms with Gasteiger partial charge in [0, 0.05) is 4.88 Å². The van der Waals surface area contributed by atoms with Gasteiger partial charge in [-0.15, -0.1) is 45.3 Å². The molecule has 1 aliphatic heterocycles. The molecule has 0 aliphatic carbocycles. The fourth-order valence-corrected chi connectivity index (χ4v) is 16.2. The summed E-state index contributed by atoms with van der Waals surface area (Å²) in [5.41, 5.74) is 7.13. The number of carbonyl (C=O) groups excluding carboxylic acids is 1. The van der Waals surface area contributed by atoms with E-state index in [1.807, 2.05) is 11.3 Å². The molecular weight excluding hydrogens is 1030 g/mol. The quantitative estimate of drug-likeness (QED) is 0.0380. The van der Waals surface area contributed by atoms with Crippen LogP contribution in [-0.4, -0.2) is 31.7 Å². The number of aliphatic imine (C=N–C) groups is 1. The third-order valence-corrected chi connectivity index (χ3v) is 20.9. The van der Waals surface area contributed by atoms with Gasteiger partial charge < -0.3 is 10.1 Å². The van der Waals surface area contributed by atoms with Gasteiger partial charge in [-0.25, -0.2) is 15.0 Å². The fraction of sp³-hybridized carbons (Fsp3) is 0.706. The average molecular weight is 1140 g/mol. The zero-order valence-corrected chi connectivity index (χ0v) is 53.0. The number of nitrogens with zero attached hydrogens (tertiary/aromatic N) is 3. The number of aromatic amines is 1. The van der Waals surface area contributed by atoms with Gasteiger partial charge in [-0.3, -0.25) is 4.79 Å². The molecule has 0 fully saturated rings. The Morgan fingerprint density at radius 3 is 1.18 bits per heavy atom. The number of hydrogen-bond donors (Lipinski definition) is 2. The number of aromatic nitrogens is 3. The third kappa shape index (κ3) is 21.4. The number of H-pyrrole nitrogens is 1. The predicted molar refractivity (Wildman–Crippen MR) is 344 cm³/mol. The molecule has 2 N–H and O–H groups in total. The molecule has 0 bridgehead atoms. The Morgan fingerprint density at radius 1 is 0.397 bits per heavy atom. The van der Waals surface area contributed by atoms with Crippen molar-refractivity contribution in [1.82, 2.24) is 15.0 Å². The van der Waals surface area contributed by atoms with Crippen molar-refractivity contribution in [2.45, 2.75) is 310 Å². The van der Waals surface area contributed by atoms with E-state index in [-0.39, 0.29) is 11.8 Å². The first-order valence-electron chi connectivity index (χ1n) is 32.7. The van der Waals surface area contributed by atoms with E-state index in [1.54, 1.807) is 34.0 Å². The summed E-state index contributed by atoms with van der Waals surface area (Å²) in [5.74, 6) is -0.289. The van der Waals surface area contributed by atoms with Gasteiger partial charge in [-0.2, -0.15) is 0 Å². The van der Waals surface area contributed by atoms with Crippen LogP contribution in [0.2, 0.25) is 0 Å². The normalized spacial score (nSPS) is 12.5. The Bertz CT molecular complexity index is 2410. The fourth-order valence-electron chi connectivity index (χ4n) is 11.7. The largest absolute Gasteiger partial charge is 0.494 e. The summed E-state index contributed by atoms with van der Waals surface area (Å²) in [5, 5.41) is 18.2. The van der Waals surface area contributed by atoms with Crippen LogP contribution in [-0.2, 0) is 25.7 Å². The van der Waals surface area contributed by atoms with Crippen molar-refractivity contribution < 1.29 is 9.90 Å². The van der Waals surface area contributed by atoms with E-state index < -0.39 is 0 Å². The van der Waals surface area contributed by atoms with E-state index in [9.17, 15) is 9.90 Å². The van der Waals surface area contributed by atoms with Crippen LogP contribution in [0.15, 0.2) is 27.9 Å². The lowest BCUT2D eigenvalue weighted by Crippen LogP contribution is -2.00. The molecule has 1 aliphatic rings. The van der Waals surface area contributed by atoms with Crippen LogP contribution in [0.4, 0.5) is 0 Å². The number of fused-ring (bicyclic) bond motifs is 1. The zero-order valence-electron chi connectivity index (χ0n) is 49.8. The van der Waals surface area contributed by atoms with Crippen molar-refractivity contribution in [3.05, 3.63) is 61.5 Å². The van der Waals surface area contributed by atoms with Crippen molar-refractivity contribution in [3.63, 3.8) is 0 Å². The Morgan fingerprint density at radius 2 is 0.744 bits per heavy atom. The molecule has 10 heteroatoms. The van der Waals surface area contributed by atoms with E-state index in [0.717, 1.165) is 64.8 Å². The molecular formula is C68H106N4O2S4. The number of carbonyl (C=O) groups is 1. The number of amides is 1. The van der Waals surface area contributed by atoms with Gasteiger partial charge in [-0.05, 0) is 85.4 Å². The minimum atomic E-state index is -0.296. The van der Waals surface area contributed by atoms with Crippen LogP contribution in [0.5, 0.6) is 5.88 Å². The molecule has 0 saturated heterocycles. The zero-order chi connectivity index (χ0) is 54.8. The molecule has 6 nitrogen and oxygen atoms in total. The van der Waals surface area contributed by atoms with Crippen LogP contribution in [0, 0.1) is 0 Å². The first-order valence-corrected chi connectivity index (χ1v) is 36.1. The number of thiazole rings is 2. The monoisotopic (exact) mass is 1140 g/mol. The van der Waals surface area contributed by atoms with Gasteiger partial charge in [0.05, 0.1) is 42.8 Å². The summed E-state index contributed by atoms with van der Waals surface area (Å²) in [4.78, 5) is 38.2. The van der Waals surface area contributed by atoms with E-state index in [0.29, 0.717) is 22.5 Å². The second kappa shape index (κ2) is 38.7. The molecule has 0 saturated carbocycles. The smallest absolute Gasteiger partial charge is 0.280 e. The molecule has 0 atom stereocenters. The van der Waals surface area contributed by atoms with Gasteiger partial charge in [0.2, 0.25) is 0 Å². The molecule has 434 valence electrons. The number of hydrogen-bond acceptors (Lipinski definition) is 8. The summed E-state index contributed by atoms with van der Waals surface area (Å²) in [6, 6.07) is 4.65. The second-order valence-corrected chi connectivity index (χ2v) is 27.1. The number of nitrogens with one attached hydrogen (secondary N) is 1. The Kier molecular flexibility index (Phi) is 31.9. The van der Waals surface area contributed by atoms with Crippen molar-refractivity contribution >= 4 is 57.0 Å². The van der Waals surface area contributed by atoms with Crippen molar-refractivity contribution in [2.24, 2.45) is 4.99 Å². The maximum Gasteiger partial charge on any atom is 0.280 e. The second-order valence-electron chi connectivity index (χ2n) is 23.2. The van der Waals surface area contributed by atoms with Gasteiger partial charge in [0.15, 0.2) is 5.88 Å². The lowest BCUT2D eigenvalue weighted by atomic mass is 10.0. The Hall–Kier alpha value is -2.92. The van der Waals surface area contributed by atoms with Gasteiger partial charge >= 0.3 is 0 Å². The molecule has 1 amide bonds. The first-order chi connectivity index (χ1) is 38.5. The minimum absolute atomic E-state index is 0.00738. The standard InChI is InChI=1S/C68H106N4O2S4/c1-5-9-13-17-21-25-29-33-37-41-45-53-49-51-75-61(53)64-56(48-44-40-36-32-28-24-20-16-12-8-4)69-67(78-64)60-58-57(65(73)72-60)59(71-66(58)74)63-55(47-43-39-35-31-27-23-19-15-11-7-3)70-68(77-63)62-54(50-52-76-62)46-42-38-34-30-26-22-18-14-10-6-2/h49-52,71,74H,5-48H2,1-4H3. The Labute approximate surface area is 491 Å². The number of aromatic hydroxyl groups is 1. The molecule has 0 aromatic carbocycles. The average Bonchev–Trinajstić information content (AvgIpc) is 4.34. The predicted octanol–water partition coefficient (Wildman–Crippen LogP) is 23.6. The lowest BCUT2D eigenvalue weighted by Gasteiger charge is -2.06. The van der Waals surface area contributed by atoms with Crippen molar-refractivity contribution in [3.8, 4) is 36.1 Å². The van der Waals surface area contributed by atoms with Crippen LogP contribution in [0.3, 0.4) is 0 Å². The van der Waals surface area contributed by atoms with E-state index in [1.165, 1.54) is 270 Å². The number of rotatable bonds is 48. The molecule has 6 rings (SSSR count). The minimum Gasteiger partial charge on any atom is -0.494 e. The van der Waals surface area contributed by atoms with Gasteiger partial charge in [-0.1, -0.05) is 259 Å². The maximum absolute atomic E-state index is 14.4. The summed E-state index contributed by atoms with van der Waals surface area (Å²) in [6.45, 7) is 9.17. The molecule has 5 aromatic rings. The van der Waals surface area contributed by atoms with Crippen molar-refractivity contribution in [2.75, 3.05) is 0 Å². The highest BCUT2D eigenvalue weighted by molar-refractivity contribution is 7.23. The van der Waals surface area contributed by atoms with E-state index in [4.69, 9.17) is 15.0 Å². The highest BCUT2D eigenvalue weighted by Crippen LogP contribution is 2.47.